The van der Waals surface area contributed by atoms with E-state index in [1.807, 2.05) is 17.0 Å². The average molecular weight is 372 g/mol. The number of fused-ring (bicyclic) bond motifs is 1. The van der Waals surface area contributed by atoms with Crippen LogP contribution in [0.25, 0.3) is 5.65 Å². The maximum atomic E-state index is 13.1. The first-order valence-corrected chi connectivity index (χ1v) is 9.71. The normalized spacial score (nSPS) is 25.4. The van der Waals surface area contributed by atoms with Crippen molar-refractivity contribution in [1.29, 1.82) is 0 Å². The molecule has 1 unspecified atom stereocenters. The molecular weight excluding hydrogens is 348 g/mol. The number of rotatable bonds is 2. The first-order valence-electron chi connectivity index (χ1n) is 9.71. The predicted octanol–water partition coefficient (Wildman–Crippen LogP) is 0.706. The van der Waals surface area contributed by atoms with Gasteiger partial charge < -0.3 is 19.3 Å². The van der Waals surface area contributed by atoms with Crippen molar-refractivity contribution in [1.82, 2.24) is 24.7 Å². The highest BCUT2D eigenvalue weighted by molar-refractivity contribution is 5.80. The zero-order valence-electron chi connectivity index (χ0n) is 15.3. The lowest BCUT2D eigenvalue weighted by atomic mass is 9.94. The van der Waals surface area contributed by atoms with Crippen LogP contribution in [0.2, 0.25) is 0 Å². The van der Waals surface area contributed by atoms with E-state index < -0.39 is 5.79 Å². The summed E-state index contributed by atoms with van der Waals surface area (Å²) in [5.41, 5.74) is 0.724. The summed E-state index contributed by atoms with van der Waals surface area (Å²) in [7, 11) is 0. The number of hydrogen-bond donors (Lipinski definition) is 0. The van der Waals surface area contributed by atoms with Gasteiger partial charge in [0.05, 0.1) is 19.1 Å². The molecule has 0 bridgehead atoms. The summed E-state index contributed by atoms with van der Waals surface area (Å²) < 4.78 is 13.2. The van der Waals surface area contributed by atoms with E-state index in [0.717, 1.165) is 43.7 Å². The number of hydrogen-bond acceptors (Lipinski definition) is 7. The van der Waals surface area contributed by atoms with Crippen LogP contribution in [0.1, 0.15) is 25.7 Å². The molecule has 1 spiro atoms. The van der Waals surface area contributed by atoms with Crippen molar-refractivity contribution in [2.45, 2.75) is 31.5 Å². The number of anilines is 1. The SMILES string of the molecule is O=C(C1CCCN(c2ccc3nncn3n2)C1)N1CCC2(CC1)OCCO2. The summed E-state index contributed by atoms with van der Waals surface area (Å²) in [6.07, 6.45) is 5.05. The maximum absolute atomic E-state index is 13.1. The van der Waals surface area contributed by atoms with Gasteiger partial charge in [-0.15, -0.1) is 15.3 Å². The van der Waals surface area contributed by atoms with E-state index in [0.29, 0.717) is 32.8 Å². The van der Waals surface area contributed by atoms with Crippen LogP contribution in [0.5, 0.6) is 0 Å². The third kappa shape index (κ3) is 3.14. The predicted molar refractivity (Wildman–Crippen MR) is 96.2 cm³/mol. The Balaban J connectivity index is 1.24. The molecule has 3 saturated heterocycles. The van der Waals surface area contributed by atoms with Gasteiger partial charge in [-0.3, -0.25) is 4.79 Å². The van der Waals surface area contributed by atoms with E-state index in [1.165, 1.54) is 0 Å². The van der Waals surface area contributed by atoms with Crippen molar-refractivity contribution in [3.05, 3.63) is 18.5 Å². The van der Waals surface area contributed by atoms with Gasteiger partial charge in [0.1, 0.15) is 12.1 Å². The highest BCUT2D eigenvalue weighted by Gasteiger charge is 2.42. The molecule has 0 aromatic carbocycles. The lowest BCUT2D eigenvalue weighted by molar-refractivity contribution is -0.188. The van der Waals surface area contributed by atoms with E-state index in [2.05, 4.69) is 20.2 Å². The van der Waals surface area contributed by atoms with Crippen LogP contribution in [0.4, 0.5) is 5.82 Å². The summed E-state index contributed by atoms with van der Waals surface area (Å²) >= 11 is 0. The molecule has 9 heteroatoms. The Morgan fingerprint density at radius 3 is 2.78 bits per heavy atom. The van der Waals surface area contributed by atoms with Crippen molar-refractivity contribution < 1.29 is 14.3 Å². The van der Waals surface area contributed by atoms with Gasteiger partial charge in [0.2, 0.25) is 5.91 Å². The third-order valence-corrected chi connectivity index (χ3v) is 5.89. The van der Waals surface area contributed by atoms with Crippen LogP contribution in [0.3, 0.4) is 0 Å². The molecule has 0 radical (unpaired) electrons. The Morgan fingerprint density at radius 2 is 1.96 bits per heavy atom. The van der Waals surface area contributed by atoms with Crippen molar-refractivity contribution >= 4 is 17.4 Å². The number of amides is 1. The van der Waals surface area contributed by atoms with Gasteiger partial charge in [-0.05, 0) is 25.0 Å². The van der Waals surface area contributed by atoms with E-state index in [-0.39, 0.29) is 11.8 Å². The number of carbonyl (C=O) groups is 1. The van der Waals surface area contributed by atoms with Crippen molar-refractivity contribution in [2.75, 3.05) is 44.3 Å². The second-order valence-corrected chi connectivity index (χ2v) is 7.54. The van der Waals surface area contributed by atoms with Crippen LogP contribution >= 0.6 is 0 Å². The van der Waals surface area contributed by atoms with E-state index >= 15 is 0 Å². The molecule has 144 valence electrons. The van der Waals surface area contributed by atoms with Crippen LogP contribution in [0.15, 0.2) is 18.5 Å². The summed E-state index contributed by atoms with van der Waals surface area (Å²) in [5.74, 6) is 0.688. The zero-order valence-corrected chi connectivity index (χ0v) is 15.3. The van der Waals surface area contributed by atoms with Gasteiger partial charge in [-0.2, -0.15) is 4.52 Å². The van der Waals surface area contributed by atoms with Crippen molar-refractivity contribution in [3.8, 4) is 0 Å². The fourth-order valence-electron chi connectivity index (χ4n) is 4.39. The number of likely N-dealkylation sites (tertiary alicyclic amines) is 1. The van der Waals surface area contributed by atoms with Crippen LogP contribution < -0.4 is 4.90 Å². The first-order chi connectivity index (χ1) is 13.2. The molecule has 3 aliphatic heterocycles. The third-order valence-electron chi connectivity index (χ3n) is 5.89. The molecular formula is C18H24N6O3. The molecule has 2 aromatic rings. The number of nitrogens with zero attached hydrogens (tertiary/aromatic N) is 6. The Bertz CT molecular complexity index is 823. The van der Waals surface area contributed by atoms with Crippen molar-refractivity contribution in [2.24, 2.45) is 5.92 Å². The fraction of sp³-hybridized carbons (Fsp3) is 0.667. The minimum absolute atomic E-state index is 0.0108. The molecule has 27 heavy (non-hydrogen) atoms. The van der Waals surface area contributed by atoms with E-state index in [1.54, 1.807) is 10.8 Å². The lowest BCUT2D eigenvalue weighted by Gasteiger charge is -2.40. The highest BCUT2D eigenvalue weighted by Crippen LogP contribution is 2.32. The van der Waals surface area contributed by atoms with Crippen LogP contribution in [0, 0.1) is 5.92 Å². The van der Waals surface area contributed by atoms with Crippen molar-refractivity contribution in [3.63, 3.8) is 0 Å². The zero-order chi connectivity index (χ0) is 18.3. The average Bonchev–Trinajstić information content (AvgIpc) is 3.37. The number of carbonyl (C=O) groups excluding carboxylic acids is 1. The Hall–Kier alpha value is -2.26. The number of aromatic nitrogens is 4. The highest BCUT2D eigenvalue weighted by atomic mass is 16.7. The molecule has 5 rings (SSSR count). The summed E-state index contributed by atoms with van der Waals surface area (Å²) in [6.45, 7) is 4.36. The molecule has 2 aromatic heterocycles. The van der Waals surface area contributed by atoms with Gasteiger partial charge in [-0.1, -0.05) is 0 Å². The fourth-order valence-corrected chi connectivity index (χ4v) is 4.39. The summed E-state index contributed by atoms with van der Waals surface area (Å²) in [4.78, 5) is 17.3. The number of ether oxygens (including phenoxy) is 2. The Labute approximate surface area is 157 Å². The maximum Gasteiger partial charge on any atom is 0.227 e. The Morgan fingerprint density at radius 1 is 1.15 bits per heavy atom. The molecule has 9 nitrogen and oxygen atoms in total. The van der Waals surface area contributed by atoms with Gasteiger partial charge in [0, 0.05) is 39.0 Å². The topological polar surface area (TPSA) is 85.1 Å². The molecule has 1 atom stereocenters. The largest absolute Gasteiger partial charge is 0.354 e. The van der Waals surface area contributed by atoms with E-state index in [4.69, 9.17) is 9.47 Å². The summed E-state index contributed by atoms with van der Waals surface area (Å²) in [5, 5.41) is 12.4. The quantitative estimate of drug-likeness (QED) is 0.767. The van der Waals surface area contributed by atoms with Crippen LogP contribution in [-0.4, -0.2) is 75.8 Å². The van der Waals surface area contributed by atoms with Gasteiger partial charge in [0.25, 0.3) is 0 Å². The molecule has 3 aliphatic rings. The molecule has 5 heterocycles. The molecule has 0 aliphatic carbocycles. The standard InChI is InChI=1S/C18H24N6O3/c25-17(22-8-5-18(6-9-22)26-10-11-27-18)14-2-1-7-23(12-14)16-4-3-15-20-19-13-24(15)21-16/h3-4,13-14H,1-2,5-12H2. The van der Waals surface area contributed by atoms with E-state index in [9.17, 15) is 4.79 Å². The van der Waals surface area contributed by atoms with Gasteiger partial charge >= 0.3 is 0 Å². The molecule has 0 N–H and O–H groups in total. The lowest BCUT2D eigenvalue weighted by Crippen LogP contribution is -2.51. The molecule has 3 fully saturated rings. The second-order valence-electron chi connectivity index (χ2n) is 7.54. The summed E-state index contributed by atoms with van der Waals surface area (Å²) in [6, 6.07) is 3.86. The first kappa shape index (κ1) is 16.9. The minimum atomic E-state index is -0.437. The monoisotopic (exact) mass is 372 g/mol. The Kier molecular flexibility index (Phi) is 4.20. The number of piperidine rings is 2. The molecule has 0 saturated carbocycles. The second kappa shape index (κ2) is 6.72. The van der Waals surface area contributed by atoms with Gasteiger partial charge in [-0.25, -0.2) is 0 Å². The minimum Gasteiger partial charge on any atom is -0.354 e. The van der Waals surface area contributed by atoms with Gasteiger partial charge in [0.15, 0.2) is 11.4 Å². The molecule has 1 amide bonds. The van der Waals surface area contributed by atoms with Crippen LogP contribution in [-0.2, 0) is 14.3 Å². The smallest absolute Gasteiger partial charge is 0.227 e.